The molecule has 0 spiro atoms. The van der Waals surface area contributed by atoms with Crippen LogP contribution in [-0.2, 0) is 40.2 Å². The van der Waals surface area contributed by atoms with E-state index in [0.717, 1.165) is 36.1 Å². The van der Waals surface area contributed by atoms with Gasteiger partial charge in [0.05, 0.1) is 23.5 Å². The third kappa shape index (κ3) is 9.36. The lowest BCUT2D eigenvalue weighted by Gasteiger charge is -2.23. The van der Waals surface area contributed by atoms with Crippen LogP contribution in [0.25, 0.3) is 0 Å². The van der Waals surface area contributed by atoms with E-state index < -0.39 is 50.2 Å². The van der Waals surface area contributed by atoms with Gasteiger partial charge in [-0.05, 0) is 36.1 Å². The fourth-order valence-corrected chi connectivity index (χ4v) is 5.06. The highest BCUT2D eigenvalue weighted by Gasteiger charge is 2.30. The van der Waals surface area contributed by atoms with Crippen molar-refractivity contribution in [3.8, 4) is 5.75 Å². The van der Waals surface area contributed by atoms with Gasteiger partial charge in [-0.2, -0.15) is 13.2 Å². The van der Waals surface area contributed by atoms with Crippen LogP contribution in [0, 0.1) is 5.82 Å². The number of carboxylic acid groups (broad SMARTS) is 1. The second kappa shape index (κ2) is 13.1. The first-order chi connectivity index (χ1) is 18.3. The maximum Gasteiger partial charge on any atom is 0.416 e. The Morgan fingerprint density at radius 2 is 1.67 bits per heavy atom. The molecule has 0 aliphatic carbocycles. The van der Waals surface area contributed by atoms with Crippen LogP contribution in [-0.4, -0.2) is 50.3 Å². The average molecular weight is 568 g/mol. The van der Waals surface area contributed by atoms with Gasteiger partial charge < -0.3 is 9.84 Å². The molecule has 210 valence electrons. The normalized spacial score (nSPS) is 12.1. The first-order valence-corrected chi connectivity index (χ1v) is 14.0. The number of aliphatic carboxylic acids is 1. The molecule has 3 aromatic rings. The zero-order valence-electron chi connectivity index (χ0n) is 21.2. The van der Waals surface area contributed by atoms with Crippen LogP contribution in [0.3, 0.4) is 0 Å². The Bertz CT molecular complexity index is 1380. The molecule has 0 aliphatic heterocycles. The third-order valence-corrected chi connectivity index (χ3v) is 7.13. The molecule has 6 nitrogen and oxygen atoms in total. The number of hydrogen-bond donors (Lipinski definition) is 1. The van der Waals surface area contributed by atoms with E-state index in [0.29, 0.717) is 31.5 Å². The Morgan fingerprint density at radius 1 is 0.974 bits per heavy atom. The van der Waals surface area contributed by atoms with E-state index in [1.807, 2.05) is 35.2 Å². The number of alkyl halides is 3. The Labute approximate surface area is 224 Å². The number of carbonyl (C=O) groups is 1. The Kier molecular flexibility index (Phi) is 10.1. The van der Waals surface area contributed by atoms with Gasteiger partial charge in [0, 0.05) is 37.5 Å². The topological polar surface area (TPSA) is 83.9 Å². The van der Waals surface area contributed by atoms with Crippen LogP contribution < -0.4 is 4.74 Å². The molecule has 0 saturated heterocycles. The highest BCUT2D eigenvalue weighted by Crippen LogP contribution is 2.30. The highest BCUT2D eigenvalue weighted by atomic mass is 32.2. The van der Waals surface area contributed by atoms with Crippen LogP contribution >= 0.6 is 0 Å². The second-order valence-corrected chi connectivity index (χ2v) is 11.1. The molecule has 0 saturated carbocycles. The van der Waals surface area contributed by atoms with E-state index >= 15 is 0 Å². The van der Waals surface area contributed by atoms with Crippen molar-refractivity contribution in [2.45, 2.75) is 36.9 Å². The summed E-state index contributed by atoms with van der Waals surface area (Å²) in [5.41, 5.74) is 0.424. The number of rotatable bonds is 13. The van der Waals surface area contributed by atoms with Crippen molar-refractivity contribution < 1.29 is 40.6 Å². The minimum absolute atomic E-state index is 0.0595. The van der Waals surface area contributed by atoms with Crippen molar-refractivity contribution in [2.75, 3.05) is 26.0 Å². The molecule has 3 aromatic carbocycles. The molecule has 39 heavy (non-hydrogen) atoms. The van der Waals surface area contributed by atoms with Gasteiger partial charge >= 0.3 is 12.1 Å². The lowest BCUT2D eigenvalue weighted by molar-refractivity contribution is -0.138. The number of carboxylic acids is 1. The molecule has 0 unspecified atom stereocenters. The Balaban J connectivity index is 1.69. The maximum atomic E-state index is 14.6. The highest BCUT2D eigenvalue weighted by molar-refractivity contribution is 7.90. The molecule has 0 amide bonds. The maximum absolute atomic E-state index is 14.6. The number of hydrogen-bond acceptors (Lipinski definition) is 5. The first-order valence-electron chi connectivity index (χ1n) is 12.1. The fraction of sp³-hybridized carbons (Fsp3) is 0.321. The molecule has 0 aliphatic rings. The monoisotopic (exact) mass is 567 g/mol. The third-order valence-electron chi connectivity index (χ3n) is 5.96. The van der Waals surface area contributed by atoms with Gasteiger partial charge in [0.1, 0.15) is 11.6 Å². The molecular weight excluding hydrogens is 538 g/mol. The summed E-state index contributed by atoms with van der Waals surface area (Å²) in [4.78, 5) is 12.6. The molecule has 11 heteroatoms. The molecule has 0 fully saturated rings. The predicted octanol–water partition coefficient (Wildman–Crippen LogP) is 5.39. The summed E-state index contributed by atoms with van der Waals surface area (Å²) >= 11 is 0. The molecule has 3 rings (SSSR count). The molecule has 1 N–H and O–H groups in total. The molecule has 0 atom stereocenters. The zero-order chi connectivity index (χ0) is 28.6. The van der Waals surface area contributed by atoms with Crippen LogP contribution in [0.4, 0.5) is 17.6 Å². The molecule has 0 radical (unpaired) electrons. The van der Waals surface area contributed by atoms with E-state index in [2.05, 4.69) is 0 Å². The quantitative estimate of drug-likeness (QED) is 0.220. The zero-order valence-corrected chi connectivity index (χ0v) is 22.1. The minimum atomic E-state index is -4.45. The average Bonchev–Trinajstić information content (AvgIpc) is 2.85. The number of benzene rings is 3. The van der Waals surface area contributed by atoms with Crippen molar-refractivity contribution in [1.29, 1.82) is 0 Å². The molecule has 0 bridgehead atoms. The van der Waals surface area contributed by atoms with Crippen LogP contribution in [0.5, 0.6) is 5.75 Å². The smallest absolute Gasteiger partial charge is 0.416 e. The summed E-state index contributed by atoms with van der Waals surface area (Å²) < 4.78 is 83.9. The summed E-state index contributed by atoms with van der Waals surface area (Å²) in [5.74, 6) is -2.43. The van der Waals surface area contributed by atoms with Crippen molar-refractivity contribution in [2.24, 2.45) is 0 Å². The minimum Gasteiger partial charge on any atom is -0.493 e. The standard InChI is InChI=1S/C28H29F4NO5S/c1-39(36,37)26-17-23(16-25(29)24(26)18-27(34)35)38-14-6-12-33(13-11-20-7-3-2-4-8-20)19-21-9-5-10-22(15-21)28(30,31)32/h2-5,7-10,15-17H,6,11-14,18-19H2,1H3,(H,34,35). The summed E-state index contributed by atoms with van der Waals surface area (Å²) in [6.07, 6.45) is -3.29. The fourth-order valence-electron chi connectivity index (χ4n) is 4.11. The largest absolute Gasteiger partial charge is 0.493 e. The van der Waals surface area contributed by atoms with Crippen molar-refractivity contribution in [3.63, 3.8) is 0 Å². The Hall–Kier alpha value is -3.44. The van der Waals surface area contributed by atoms with Gasteiger partial charge in [-0.3, -0.25) is 9.69 Å². The van der Waals surface area contributed by atoms with Crippen molar-refractivity contribution in [1.82, 2.24) is 4.90 Å². The number of nitrogens with zero attached hydrogens (tertiary/aromatic N) is 1. The van der Waals surface area contributed by atoms with Gasteiger partial charge in [-0.1, -0.05) is 48.5 Å². The van der Waals surface area contributed by atoms with Gasteiger partial charge in [-0.25, -0.2) is 12.8 Å². The second-order valence-electron chi connectivity index (χ2n) is 9.14. The van der Waals surface area contributed by atoms with Crippen LogP contribution in [0.15, 0.2) is 71.6 Å². The van der Waals surface area contributed by atoms with E-state index in [-0.39, 0.29) is 18.9 Å². The van der Waals surface area contributed by atoms with Crippen molar-refractivity contribution >= 4 is 15.8 Å². The van der Waals surface area contributed by atoms with E-state index in [9.17, 15) is 30.8 Å². The number of sulfone groups is 1. The van der Waals surface area contributed by atoms with Gasteiger partial charge in [-0.15, -0.1) is 0 Å². The van der Waals surface area contributed by atoms with Gasteiger partial charge in [0.2, 0.25) is 0 Å². The number of halogens is 4. The summed E-state index contributed by atoms with van der Waals surface area (Å²) in [6.45, 7) is 1.36. The van der Waals surface area contributed by atoms with E-state index in [1.165, 1.54) is 6.07 Å². The number of ether oxygens (including phenoxy) is 1. The van der Waals surface area contributed by atoms with Gasteiger partial charge in [0.15, 0.2) is 9.84 Å². The SMILES string of the molecule is CS(=O)(=O)c1cc(OCCCN(CCc2ccccc2)Cc2cccc(C(F)(F)F)c2)cc(F)c1CC(=O)O. The van der Waals surface area contributed by atoms with Gasteiger partial charge in [0.25, 0.3) is 0 Å². The first kappa shape index (κ1) is 30.1. The molecule has 0 aromatic heterocycles. The summed E-state index contributed by atoms with van der Waals surface area (Å²) in [7, 11) is -3.92. The lowest BCUT2D eigenvalue weighted by atomic mass is 10.1. The summed E-state index contributed by atoms with van der Waals surface area (Å²) in [5, 5.41) is 9.00. The van der Waals surface area contributed by atoms with Crippen molar-refractivity contribution in [3.05, 3.63) is 94.8 Å². The molecular formula is C28H29F4NO5S. The van der Waals surface area contributed by atoms with E-state index in [4.69, 9.17) is 9.84 Å². The predicted molar refractivity (Wildman–Crippen MR) is 138 cm³/mol. The lowest BCUT2D eigenvalue weighted by Crippen LogP contribution is -2.28. The van der Waals surface area contributed by atoms with Crippen LogP contribution in [0.2, 0.25) is 0 Å². The molecule has 0 heterocycles. The van der Waals surface area contributed by atoms with E-state index in [1.54, 1.807) is 6.07 Å². The Morgan fingerprint density at radius 3 is 2.31 bits per heavy atom. The summed E-state index contributed by atoms with van der Waals surface area (Å²) in [6, 6.07) is 16.9. The van der Waals surface area contributed by atoms with Crippen LogP contribution in [0.1, 0.15) is 28.7 Å².